The minimum atomic E-state index is -2.29. The predicted octanol–water partition coefficient (Wildman–Crippen LogP) is 0.734. The van der Waals surface area contributed by atoms with Crippen LogP contribution in [0.4, 0.5) is 0 Å². The molecule has 7 rings (SSSR count). The van der Waals surface area contributed by atoms with E-state index in [-0.39, 0.29) is 0 Å². The molecule has 4 aromatic rings. The molecule has 3 aliphatic rings. The lowest BCUT2D eigenvalue weighted by atomic mass is 9.91. The lowest BCUT2D eigenvalue weighted by molar-refractivity contribution is -0.284. The first kappa shape index (κ1) is 36.8. The second-order valence-electron chi connectivity index (χ2n) is 12.2. The number of carbonyl (C=O) groups excluding carboxylic acids is 4. The molecule has 3 aliphatic heterocycles. The van der Waals surface area contributed by atoms with Crippen LogP contribution in [-0.4, -0.2) is 122 Å². The first-order chi connectivity index (χ1) is 26.4. The van der Waals surface area contributed by atoms with Crippen LogP contribution in [0, 0.1) is 0 Å². The molecule has 292 valence electrons. The zero-order valence-electron chi connectivity index (χ0n) is 27.4. The van der Waals surface area contributed by atoms with Crippen LogP contribution in [0.2, 0.25) is 0 Å². The number of esters is 4. The number of aliphatic hydroxyl groups excluding tert-OH is 2. The maximum atomic E-state index is 13.9. The zero-order valence-corrected chi connectivity index (χ0v) is 27.4. The first-order valence-corrected chi connectivity index (χ1v) is 15.6. The van der Waals surface area contributed by atoms with E-state index < -0.39 is 169 Å². The highest BCUT2D eigenvalue weighted by molar-refractivity contribution is 6.09. The fourth-order valence-electron chi connectivity index (χ4n) is 6.01. The van der Waals surface area contributed by atoms with Crippen molar-refractivity contribution >= 4 is 23.9 Å². The Hall–Kier alpha value is -7.56. The molecule has 22 heteroatoms. The maximum Gasteiger partial charge on any atom is 0.347 e. The molecule has 0 saturated carbocycles. The van der Waals surface area contributed by atoms with E-state index in [9.17, 15) is 80.5 Å². The molecule has 4 aromatic carbocycles. The third-order valence-corrected chi connectivity index (χ3v) is 8.79. The molecule has 0 amide bonds. The van der Waals surface area contributed by atoms with E-state index in [1.165, 1.54) is 0 Å². The lowest BCUT2D eigenvalue weighted by Crippen LogP contribution is -2.61. The van der Waals surface area contributed by atoms with Gasteiger partial charge < -0.3 is 89.7 Å². The molecule has 0 aliphatic carbocycles. The van der Waals surface area contributed by atoms with Crippen LogP contribution < -0.4 is 9.47 Å². The van der Waals surface area contributed by atoms with Crippen molar-refractivity contribution in [3.8, 4) is 85.9 Å². The second-order valence-corrected chi connectivity index (χ2v) is 12.2. The summed E-state index contributed by atoms with van der Waals surface area (Å²) in [6.07, 6.45) is -10.6. The molecule has 0 spiro atoms. The number of rotatable bonds is 2. The molecular formula is C34H24O22. The van der Waals surface area contributed by atoms with Gasteiger partial charge >= 0.3 is 23.9 Å². The van der Waals surface area contributed by atoms with Crippen molar-refractivity contribution in [3.05, 3.63) is 52.6 Å². The summed E-state index contributed by atoms with van der Waals surface area (Å²) < 4.78 is 32.0. The number of ether oxygens (including phenoxy) is 6. The molecule has 2 bridgehead atoms. The van der Waals surface area contributed by atoms with Gasteiger partial charge in [0, 0.05) is 23.3 Å². The summed E-state index contributed by atoms with van der Waals surface area (Å²) in [5.41, 5.74) is -5.19. The van der Waals surface area contributed by atoms with Crippen LogP contribution in [0.3, 0.4) is 0 Å². The zero-order chi connectivity index (χ0) is 40.7. The van der Waals surface area contributed by atoms with E-state index in [0.29, 0.717) is 30.3 Å². The fraction of sp³-hybridized carbons (Fsp3) is 0.176. The molecule has 1 fully saturated rings. The SMILES string of the molecule is O=C(O[C@@H]1O[C@@H]2COC(=O)c3cc4c(c(O)c3-c3c(cc(O)c(O)c3O)C(=O)O[C@H]([C@H]1O)[C@@H]2O)OC(=O)c1cc(O)c(O)c(O)c1O4)c1cc(O)c(O)c(O)c1. The summed E-state index contributed by atoms with van der Waals surface area (Å²) in [4.78, 5) is 53.8. The summed E-state index contributed by atoms with van der Waals surface area (Å²) in [6.45, 7) is -1.04. The Labute approximate surface area is 308 Å². The molecule has 0 unspecified atom stereocenters. The van der Waals surface area contributed by atoms with Crippen LogP contribution in [0.5, 0.6) is 74.7 Å². The normalized spacial score (nSPS) is 21.5. The van der Waals surface area contributed by atoms with Crippen LogP contribution in [0.25, 0.3) is 11.1 Å². The van der Waals surface area contributed by atoms with Gasteiger partial charge in [-0.25, -0.2) is 19.2 Å². The smallest absolute Gasteiger partial charge is 0.347 e. The summed E-state index contributed by atoms with van der Waals surface area (Å²) in [6, 6.07) is 3.11. The Kier molecular flexibility index (Phi) is 8.59. The number of aliphatic hydroxyl groups is 2. The number of fused-ring (bicyclic) bond motifs is 7. The number of hydrogen-bond donors (Lipinski definition) is 12. The van der Waals surface area contributed by atoms with Gasteiger partial charge in [-0.05, 0) is 18.2 Å². The van der Waals surface area contributed by atoms with Gasteiger partial charge in [0.15, 0.2) is 64.0 Å². The molecule has 56 heavy (non-hydrogen) atoms. The van der Waals surface area contributed by atoms with Gasteiger partial charge in [0.25, 0.3) is 0 Å². The van der Waals surface area contributed by atoms with E-state index in [0.717, 1.165) is 0 Å². The molecule has 1 saturated heterocycles. The Morgan fingerprint density at radius 2 is 1.16 bits per heavy atom. The van der Waals surface area contributed by atoms with Crippen molar-refractivity contribution in [3.63, 3.8) is 0 Å². The highest BCUT2D eigenvalue weighted by atomic mass is 16.7. The summed E-state index contributed by atoms with van der Waals surface area (Å²) in [5, 5.41) is 126. The standard InChI is InChI=1S/C34H24O22/c35-11-1-7(2-12(36)19(11)39)30(47)56-34-26(46)29-22(42)16(53-34)6-51-31(48)9-5-15-28(54-33(50)10-4-14(38)21(41)25(45)27(10)52-15)24(44)18(9)17-8(32(49)55-29)3-13(37)20(40)23(17)43/h1-5,16,22,26,29,34-46H,6H2/t16-,22-,26-,29+,34+/m1/s1. The van der Waals surface area contributed by atoms with Gasteiger partial charge in [0.2, 0.25) is 29.3 Å². The van der Waals surface area contributed by atoms with E-state index in [1.54, 1.807) is 0 Å². The van der Waals surface area contributed by atoms with Crippen LogP contribution in [0.15, 0.2) is 30.3 Å². The Morgan fingerprint density at radius 3 is 1.82 bits per heavy atom. The molecule has 0 radical (unpaired) electrons. The summed E-state index contributed by atoms with van der Waals surface area (Å²) in [5.74, 6) is -20.1. The van der Waals surface area contributed by atoms with Gasteiger partial charge in [0.05, 0.1) is 16.7 Å². The van der Waals surface area contributed by atoms with Gasteiger partial charge in [-0.2, -0.15) is 0 Å². The second kappa shape index (κ2) is 13.1. The maximum absolute atomic E-state index is 13.9. The fourth-order valence-corrected chi connectivity index (χ4v) is 6.01. The Balaban J connectivity index is 1.36. The minimum Gasteiger partial charge on any atom is -0.504 e. The van der Waals surface area contributed by atoms with Crippen molar-refractivity contribution in [1.29, 1.82) is 0 Å². The van der Waals surface area contributed by atoms with Crippen molar-refractivity contribution in [2.24, 2.45) is 0 Å². The first-order valence-electron chi connectivity index (χ1n) is 15.6. The average molecular weight is 785 g/mol. The van der Waals surface area contributed by atoms with E-state index in [1.807, 2.05) is 0 Å². The van der Waals surface area contributed by atoms with Crippen LogP contribution >= 0.6 is 0 Å². The van der Waals surface area contributed by atoms with Crippen molar-refractivity contribution in [2.45, 2.75) is 30.7 Å². The van der Waals surface area contributed by atoms with E-state index in [2.05, 4.69) is 0 Å². The number of carbonyl (C=O) groups is 4. The number of hydrogen-bond acceptors (Lipinski definition) is 22. The number of aromatic hydroxyl groups is 10. The highest BCUT2D eigenvalue weighted by Gasteiger charge is 2.50. The molecule has 12 N–H and O–H groups in total. The molecule has 0 aromatic heterocycles. The largest absolute Gasteiger partial charge is 0.504 e. The minimum absolute atomic E-state index is 0.470. The quantitative estimate of drug-likeness (QED) is 0.0577. The Morgan fingerprint density at radius 1 is 0.589 bits per heavy atom. The van der Waals surface area contributed by atoms with E-state index in [4.69, 9.17) is 28.4 Å². The predicted molar refractivity (Wildman–Crippen MR) is 172 cm³/mol. The topological polar surface area (TPSA) is 366 Å². The summed E-state index contributed by atoms with van der Waals surface area (Å²) in [7, 11) is 0. The lowest BCUT2D eigenvalue weighted by Gasteiger charge is -2.41. The third-order valence-electron chi connectivity index (χ3n) is 8.79. The van der Waals surface area contributed by atoms with Crippen LogP contribution in [-0.2, 0) is 18.9 Å². The van der Waals surface area contributed by atoms with Gasteiger partial charge in [-0.3, -0.25) is 0 Å². The number of phenolic OH excluding ortho intramolecular Hbond substituents is 10. The summed E-state index contributed by atoms with van der Waals surface area (Å²) >= 11 is 0. The van der Waals surface area contributed by atoms with Gasteiger partial charge in [-0.1, -0.05) is 0 Å². The van der Waals surface area contributed by atoms with Crippen molar-refractivity contribution in [2.75, 3.05) is 6.61 Å². The number of cyclic esters (lactones) is 1. The molecule has 5 atom stereocenters. The Bertz CT molecular complexity index is 2380. The van der Waals surface area contributed by atoms with E-state index >= 15 is 0 Å². The van der Waals surface area contributed by atoms with Crippen molar-refractivity contribution in [1.82, 2.24) is 0 Å². The van der Waals surface area contributed by atoms with Gasteiger partial charge in [0.1, 0.15) is 24.4 Å². The average Bonchev–Trinajstić information content (AvgIpc) is 3.29. The highest BCUT2D eigenvalue weighted by Crippen LogP contribution is 2.57. The van der Waals surface area contributed by atoms with Crippen molar-refractivity contribution < 1.29 is 109 Å². The monoisotopic (exact) mass is 784 g/mol. The van der Waals surface area contributed by atoms with Gasteiger partial charge in [-0.15, -0.1) is 0 Å². The molecule has 3 heterocycles. The third kappa shape index (κ3) is 5.72. The number of phenols is 10. The van der Waals surface area contributed by atoms with Crippen LogP contribution in [0.1, 0.15) is 41.4 Å². The molecular weight excluding hydrogens is 760 g/mol. The molecule has 22 nitrogen and oxygen atoms in total. The number of benzene rings is 4.